The Morgan fingerprint density at radius 2 is 2.24 bits per heavy atom. The number of hydrogen-bond donors (Lipinski definition) is 1. The van der Waals surface area contributed by atoms with E-state index in [2.05, 4.69) is 4.99 Å². The minimum atomic E-state index is -0.417. The number of primary amides is 1. The lowest BCUT2D eigenvalue weighted by Gasteiger charge is -2.32. The van der Waals surface area contributed by atoms with Crippen LogP contribution in [0.4, 0.5) is 0 Å². The Labute approximate surface area is 103 Å². The van der Waals surface area contributed by atoms with Gasteiger partial charge in [-0.1, -0.05) is 36.1 Å². The van der Waals surface area contributed by atoms with Crippen molar-refractivity contribution < 1.29 is 9.59 Å². The Bertz CT molecular complexity index is 442. The van der Waals surface area contributed by atoms with E-state index in [4.69, 9.17) is 5.73 Å². The van der Waals surface area contributed by atoms with E-state index in [-0.39, 0.29) is 23.6 Å². The smallest absolute Gasteiger partial charge is 0.237 e. The van der Waals surface area contributed by atoms with Crippen molar-refractivity contribution in [1.82, 2.24) is 4.90 Å². The molecule has 1 aliphatic carbocycles. The number of fused-ring (bicyclic) bond motifs is 1. The summed E-state index contributed by atoms with van der Waals surface area (Å²) in [5.74, 6) is -0.506. The molecule has 0 bridgehead atoms. The van der Waals surface area contributed by atoms with Crippen LogP contribution in [0.3, 0.4) is 0 Å². The molecule has 0 aromatic rings. The van der Waals surface area contributed by atoms with E-state index in [1.165, 1.54) is 16.7 Å². The number of carbonyl (C=O) groups is 2. The summed E-state index contributed by atoms with van der Waals surface area (Å²) >= 11 is 1.20. The van der Waals surface area contributed by atoms with Crippen LogP contribution < -0.4 is 5.73 Å². The average Bonchev–Trinajstić information content (AvgIpc) is 2.32. The molecule has 1 aliphatic heterocycles. The maximum absolute atomic E-state index is 12.0. The fourth-order valence-electron chi connectivity index (χ4n) is 1.75. The van der Waals surface area contributed by atoms with E-state index in [1.807, 2.05) is 24.3 Å². The topological polar surface area (TPSA) is 75.8 Å². The Kier molecular flexibility index (Phi) is 3.33. The molecule has 1 heterocycles. The normalized spacial score (nSPS) is 26.8. The summed E-state index contributed by atoms with van der Waals surface area (Å²) in [7, 11) is 1.66. The third kappa shape index (κ3) is 2.41. The van der Waals surface area contributed by atoms with E-state index in [9.17, 15) is 9.59 Å². The molecule has 2 N–H and O–H groups in total. The van der Waals surface area contributed by atoms with Crippen LogP contribution in [0, 0.1) is 5.92 Å². The van der Waals surface area contributed by atoms with Gasteiger partial charge in [0.25, 0.3) is 0 Å². The number of nitrogens with two attached hydrogens (primary N) is 1. The zero-order chi connectivity index (χ0) is 12.4. The molecular formula is C11H13N3O2S. The largest absolute Gasteiger partial charge is 0.369 e. The van der Waals surface area contributed by atoms with Gasteiger partial charge in [0.2, 0.25) is 11.8 Å². The van der Waals surface area contributed by atoms with Crippen LogP contribution in [-0.4, -0.2) is 40.7 Å². The monoisotopic (exact) mass is 251 g/mol. The first-order valence-electron chi connectivity index (χ1n) is 5.21. The molecule has 0 radical (unpaired) electrons. The third-order valence-corrected chi connectivity index (χ3v) is 3.68. The first kappa shape index (κ1) is 11.9. The molecular weight excluding hydrogens is 238 g/mol. The second-order valence-corrected chi connectivity index (χ2v) is 4.79. The SMILES string of the molecule is CN1C(=O)[C@@H]2C=CC=C[C@H]2N=C1SCC(N)=O. The summed E-state index contributed by atoms with van der Waals surface area (Å²) in [5, 5.41) is 0.551. The van der Waals surface area contributed by atoms with Gasteiger partial charge < -0.3 is 5.73 Å². The van der Waals surface area contributed by atoms with Crippen molar-refractivity contribution in [1.29, 1.82) is 0 Å². The highest BCUT2D eigenvalue weighted by molar-refractivity contribution is 8.14. The Morgan fingerprint density at radius 3 is 2.94 bits per heavy atom. The van der Waals surface area contributed by atoms with Crippen molar-refractivity contribution in [3.63, 3.8) is 0 Å². The predicted molar refractivity (Wildman–Crippen MR) is 67.4 cm³/mol. The first-order chi connectivity index (χ1) is 8.09. The number of rotatable bonds is 2. The van der Waals surface area contributed by atoms with Gasteiger partial charge in [0, 0.05) is 7.05 Å². The predicted octanol–water partition coefficient (Wildman–Crippen LogP) is 0.144. The molecule has 90 valence electrons. The lowest BCUT2D eigenvalue weighted by Crippen LogP contribution is -2.45. The summed E-state index contributed by atoms with van der Waals surface area (Å²) in [4.78, 5) is 28.7. The van der Waals surface area contributed by atoms with Crippen LogP contribution in [0.5, 0.6) is 0 Å². The van der Waals surface area contributed by atoms with Crippen molar-refractivity contribution >= 4 is 28.7 Å². The van der Waals surface area contributed by atoms with Gasteiger partial charge in [0.05, 0.1) is 17.7 Å². The van der Waals surface area contributed by atoms with Crippen molar-refractivity contribution in [3.05, 3.63) is 24.3 Å². The second-order valence-electron chi connectivity index (χ2n) is 3.85. The Morgan fingerprint density at radius 1 is 1.53 bits per heavy atom. The fourth-order valence-corrected chi connectivity index (χ4v) is 2.50. The summed E-state index contributed by atoms with van der Waals surface area (Å²) in [6, 6.07) is -0.154. The molecule has 0 saturated heterocycles. The van der Waals surface area contributed by atoms with Crippen LogP contribution in [0.15, 0.2) is 29.3 Å². The Balaban J connectivity index is 2.19. The summed E-state index contributed by atoms with van der Waals surface area (Å²) in [6.45, 7) is 0. The first-order valence-corrected chi connectivity index (χ1v) is 6.19. The lowest BCUT2D eigenvalue weighted by molar-refractivity contribution is -0.129. The summed E-state index contributed by atoms with van der Waals surface area (Å²) < 4.78 is 0. The molecule has 6 heteroatoms. The van der Waals surface area contributed by atoms with Crippen molar-refractivity contribution in [3.8, 4) is 0 Å². The third-order valence-electron chi connectivity index (χ3n) is 2.61. The lowest BCUT2D eigenvalue weighted by atomic mass is 9.93. The molecule has 2 aliphatic rings. The zero-order valence-electron chi connectivity index (χ0n) is 9.37. The number of allylic oxidation sites excluding steroid dienone is 2. The van der Waals surface area contributed by atoms with Gasteiger partial charge >= 0.3 is 0 Å². The van der Waals surface area contributed by atoms with Crippen LogP contribution in [0.25, 0.3) is 0 Å². The van der Waals surface area contributed by atoms with Gasteiger partial charge in [0.1, 0.15) is 0 Å². The van der Waals surface area contributed by atoms with Crippen LogP contribution in [-0.2, 0) is 9.59 Å². The average molecular weight is 251 g/mol. The molecule has 2 atom stereocenters. The van der Waals surface area contributed by atoms with Crippen molar-refractivity contribution in [2.45, 2.75) is 6.04 Å². The highest BCUT2D eigenvalue weighted by atomic mass is 32.2. The quantitative estimate of drug-likeness (QED) is 0.758. The number of hydrogen-bond acceptors (Lipinski definition) is 4. The summed E-state index contributed by atoms with van der Waals surface area (Å²) in [5.41, 5.74) is 5.08. The van der Waals surface area contributed by atoms with E-state index < -0.39 is 5.91 Å². The van der Waals surface area contributed by atoms with Gasteiger partial charge in [-0.2, -0.15) is 0 Å². The Hall–Kier alpha value is -1.56. The summed E-state index contributed by atoms with van der Waals surface area (Å²) in [6.07, 6.45) is 7.46. The number of nitrogens with zero attached hydrogens (tertiary/aromatic N) is 2. The second kappa shape index (κ2) is 4.75. The zero-order valence-corrected chi connectivity index (χ0v) is 10.2. The van der Waals surface area contributed by atoms with Crippen molar-refractivity contribution in [2.24, 2.45) is 16.6 Å². The number of carbonyl (C=O) groups excluding carboxylic acids is 2. The standard InChI is InChI=1S/C11H13N3O2S/c1-14-10(16)7-4-2-3-5-8(7)13-11(14)17-6-9(12)15/h2-5,7-8H,6H2,1H3,(H2,12,15)/t7-,8-/m1/s1. The number of amidine groups is 1. The highest BCUT2D eigenvalue weighted by Crippen LogP contribution is 2.26. The molecule has 2 rings (SSSR count). The number of amides is 2. The number of thioether (sulfide) groups is 1. The molecule has 0 saturated carbocycles. The van der Waals surface area contributed by atoms with E-state index >= 15 is 0 Å². The van der Waals surface area contributed by atoms with E-state index in [1.54, 1.807) is 7.05 Å². The minimum Gasteiger partial charge on any atom is -0.369 e. The van der Waals surface area contributed by atoms with Gasteiger partial charge in [-0.3, -0.25) is 19.5 Å². The van der Waals surface area contributed by atoms with Crippen LogP contribution >= 0.6 is 11.8 Å². The fraction of sp³-hybridized carbons (Fsp3) is 0.364. The maximum atomic E-state index is 12.0. The van der Waals surface area contributed by atoms with Gasteiger partial charge in [-0.25, -0.2) is 0 Å². The molecule has 5 nitrogen and oxygen atoms in total. The van der Waals surface area contributed by atoms with Crippen molar-refractivity contribution in [2.75, 3.05) is 12.8 Å². The maximum Gasteiger partial charge on any atom is 0.237 e. The van der Waals surface area contributed by atoms with E-state index in [0.29, 0.717) is 5.17 Å². The molecule has 0 aromatic carbocycles. The van der Waals surface area contributed by atoms with Gasteiger partial charge in [-0.05, 0) is 0 Å². The van der Waals surface area contributed by atoms with Crippen LogP contribution in [0.1, 0.15) is 0 Å². The number of aliphatic imine (C=N–C) groups is 1. The molecule has 0 fully saturated rings. The highest BCUT2D eigenvalue weighted by Gasteiger charge is 2.34. The molecule has 2 amide bonds. The molecule has 0 aromatic heterocycles. The molecule has 17 heavy (non-hydrogen) atoms. The van der Waals surface area contributed by atoms with Crippen LogP contribution in [0.2, 0.25) is 0 Å². The van der Waals surface area contributed by atoms with E-state index in [0.717, 1.165) is 0 Å². The van der Waals surface area contributed by atoms with Gasteiger partial charge in [-0.15, -0.1) is 0 Å². The molecule has 0 spiro atoms. The van der Waals surface area contributed by atoms with Gasteiger partial charge in [0.15, 0.2) is 5.17 Å². The minimum absolute atomic E-state index is 0.00225. The molecule has 0 unspecified atom stereocenters.